The summed E-state index contributed by atoms with van der Waals surface area (Å²) in [4.78, 5) is 13.4. The summed E-state index contributed by atoms with van der Waals surface area (Å²) in [6, 6.07) is 0. The third-order valence-electron chi connectivity index (χ3n) is 2.77. The van der Waals surface area contributed by atoms with Crippen LogP contribution in [0.3, 0.4) is 0 Å². The lowest BCUT2D eigenvalue weighted by Gasteiger charge is -2.18. The van der Waals surface area contributed by atoms with Gasteiger partial charge in [-0.05, 0) is 26.2 Å². The highest BCUT2D eigenvalue weighted by molar-refractivity contribution is 5.76. The van der Waals surface area contributed by atoms with Gasteiger partial charge in [-0.3, -0.25) is 4.79 Å². The van der Waals surface area contributed by atoms with Gasteiger partial charge in [0.2, 0.25) is 5.91 Å². The maximum Gasteiger partial charge on any atom is 0.222 e. The van der Waals surface area contributed by atoms with Crippen LogP contribution in [0, 0.1) is 12.3 Å². The van der Waals surface area contributed by atoms with Crippen LogP contribution in [0.4, 0.5) is 0 Å². The van der Waals surface area contributed by atoms with E-state index in [4.69, 9.17) is 6.42 Å². The van der Waals surface area contributed by atoms with Crippen molar-refractivity contribution in [1.82, 2.24) is 4.90 Å². The molecular formula is C12H19NO2. The van der Waals surface area contributed by atoms with Gasteiger partial charge in [-0.25, -0.2) is 0 Å². The molecule has 1 atom stereocenters. The first-order valence-corrected chi connectivity index (χ1v) is 5.49. The largest absolute Gasteiger partial charge is 0.388 e. The van der Waals surface area contributed by atoms with Crippen LogP contribution in [0.1, 0.15) is 39.0 Å². The quantitative estimate of drug-likeness (QED) is 0.557. The van der Waals surface area contributed by atoms with E-state index in [2.05, 4.69) is 5.92 Å². The molecule has 1 unspecified atom stereocenters. The van der Waals surface area contributed by atoms with Crippen molar-refractivity contribution >= 4 is 5.91 Å². The third kappa shape index (κ3) is 3.93. The number of carbonyl (C=O) groups excluding carboxylic acids is 1. The van der Waals surface area contributed by atoms with Crippen LogP contribution < -0.4 is 0 Å². The SMILES string of the molecule is C#CCCCCC(=O)N1CCC(C)(O)C1. The fraction of sp³-hybridized carbons (Fsp3) is 0.750. The van der Waals surface area contributed by atoms with Crippen LogP contribution in [0.25, 0.3) is 0 Å². The van der Waals surface area contributed by atoms with Crippen LogP contribution >= 0.6 is 0 Å². The Hall–Kier alpha value is -1.01. The van der Waals surface area contributed by atoms with Crippen molar-refractivity contribution in [3.8, 4) is 12.3 Å². The Bertz CT molecular complexity index is 265. The Morgan fingerprint density at radius 1 is 1.60 bits per heavy atom. The topological polar surface area (TPSA) is 40.5 Å². The lowest BCUT2D eigenvalue weighted by Crippen LogP contribution is -2.33. The van der Waals surface area contributed by atoms with Gasteiger partial charge < -0.3 is 10.0 Å². The lowest BCUT2D eigenvalue weighted by molar-refractivity contribution is -0.131. The minimum absolute atomic E-state index is 0.143. The van der Waals surface area contributed by atoms with Crippen LogP contribution in [0.2, 0.25) is 0 Å². The molecule has 84 valence electrons. The van der Waals surface area contributed by atoms with E-state index in [1.54, 1.807) is 11.8 Å². The zero-order valence-electron chi connectivity index (χ0n) is 9.33. The molecular weight excluding hydrogens is 190 g/mol. The molecule has 0 aliphatic carbocycles. The molecule has 3 nitrogen and oxygen atoms in total. The van der Waals surface area contributed by atoms with Crippen molar-refractivity contribution in [3.05, 3.63) is 0 Å². The molecule has 1 saturated heterocycles. The van der Waals surface area contributed by atoms with E-state index in [1.807, 2.05) is 0 Å². The van der Waals surface area contributed by atoms with Gasteiger partial charge >= 0.3 is 0 Å². The minimum Gasteiger partial charge on any atom is -0.388 e. The fourth-order valence-electron chi connectivity index (χ4n) is 1.82. The van der Waals surface area contributed by atoms with Crippen LogP contribution in [0.15, 0.2) is 0 Å². The van der Waals surface area contributed by atoms with Crippen molar-refractivity contribution in [2.75, 3.05) is 13.1 Å². The van der Waals surface area contributed by atoms with Crippen LogP contribution in [0.5, 0.6) is 0 Å². The molecule has 1 heterocycles. The highest BCUT2D eigenvalue weighted by Gasteiger charge is 2.33. The first-order chi connectivity index (χ1) is 7.05. The first-order valence-electron chi connectivity index (χ1n) is 5.49. The van der Waals surface area contributed by atoms with Gasteiger partial charge in [-0.1, -0.05) is 0 Å². The Morgan fingerprint density at radius 3 is 2.87 bits per heavy atom. The lowest BCUT2D eigenvalue weighted by atomic mass is 10.1. The molecule has 1 N–H and O–H groups in total. The number of hydrogen-bond acceptors (Lipinski definition) is 2. The number of nitrogens with zero attached hydrogens (tertiary/aromatic N) is 1. The molecule has 0 aromatic heterocycles. The second-order valence-corrected chi connectivity index (χ2v) is 4.47. The van der Waals surface area contributed by atoms with Gasteiger partial charge in [0, 0.05) is 25.9 Å². The molecule has 1 amide bonds. The Morgan fingerprint density at radius 2 is 2.33 bits per heavy atom. The maximum atomic E-state index is 11.7. The van der Waals surface area contributed by atoms with E-state index in [1.165, 1.54) is 0 Å². The fourth-order valence-corrected chi connectivity index (χ4v) is 1.82. The predicted molar refractivity (Wildman–Crippen MR) is 59.1 cm³/mol. The molecule has 1 aliphatic heterocycles. The molecule has 0 radical (unpaired) electrons. The molecule has 3 heteroatoms. The summed E-state index contributed by atoms with van der Waals surface area (Å²) in [5.74, 6) is 2.70. The van der Waals surface area contributed by atoms with Crippen molar-refractivity contribution in [3.63, 3.8) is 0 Å². The average molecular weight is 209 g/mol. The van der Waals surface area contributed by atoms with E-state index < -0.39 is 5.60 Å². The number of hydrogen-bond donors (Lipinski definition) is 1. The molecule has 1 rings (SSSR count). The van der Waals surface area contributed by atoms with Gasteiger partial charge in [0.1, 0.15) is 0 Å². The predicted octanol–water partition coefficient (Wildman–Crippen LogP) is 1.16. The number of rotatable bonds is 4. The zero-order chi connectivity index (χ0) is 11.3. The van der Waals surface area contributed by atoms with E-state index in [0.29, 0.717) is 25.9 Å². The van der Waals surface area contributed by atoms with Gasteiger partial charge in [0.25, 0.3) is 0 Å². The number of carbonyl (C=O) groups is 1. The molecule has 15 heavy (non-hydrogen) atoms. The number of likely N-dealkylation sites (tertiary alicyclic amines) is 1. The summed E-state index contributed by atoms with van der Waals surface area (Å²) in [5, 5.41) is 9.70. The zero-order valence-corrected chi connectivity index (χ0v) is 9.33. The van der Waals surface area contributed by atoms with Crippen molar-refractivity contribution < 1.29 is 9.90 Å². The Balaban J connectivity index is 2.22. The third-order valence-corrected chi connectivity index (χ3v) is 2.77. The molecule has 1 aliphatic rings. The normalized spacial score (nSPS) is 25.3. The molecule has 0 aromatic carbocycles. The Labute approximate surface area is 91.5 Å². The maximum absolute atomic E-state index is 11.7. The second-order valence-electron chi connectivity index (χ2n) is 4.47. The first kappa shape index (κ1) is 12.1. The molecule has 0 bridgehead atoms. The number of amides is 1. The molecule has 1 fully saturated rings. The van der Waals surface area contributed by atoms with Gasteiger partial charge in [0.15, 0.2) is 0 Å². The van der Waals surface area contributed by atoms with Crippen LogP contribution in [-0.2, 0) is 4.79 Å². The van der Waals surface area contributed by atoms with Crippen molar-refractivity contribution in [2.45, 2.75) is 44.6 Å². The number of unbranched alkanes of at least 4 members (excludes halogenated alkanes) is 2. The van der Waals surface area contributed by atoms with Crippen molar-refractivity contribution in [1.29, 1.82) is 0 Å². The molecule has 0 aromatic rings. The van der Waals surface area contributed by atoms with E-state index >= 15 is 0 Å². The van der Waals surface area contributed by atoms with E-state index in [-0.39, 0.29) is 5.91 Å². The van der Waals surface area contributed by atoms with Gasteiger partial charge in [-0.2, -0.15) is 0 Å². The number of β-amino-alcohol motifs (C(OH)–C–C–N with tert-alkyl or cyclic N) is 1. The summed E-state index contributed by atoms with van der Waals surface area (Å²) in [7, 11) is 0. The highest BCUT2D eigenvalue weighted by atomic mass is 16.3. The van der Waals surface area contributed by atoms with Gasteiger partial charge in [0.05, 0.1) is 5.60 Å². The summed E-state index contributed by atoms with van der Waals surface area (Å²) in [5.41, 5.74) is -0.686. The van der Waals surface area contributed by atoms with Gasteiger partial charge in [-0.15, -0.1) is 12.3 Å². The van der Waals surface area contributed by atoms with Crippen LogP contribution in [-0.4, -0.2) is 34.6 Å². The average Bonchev–Trinajstić information content (AvgIpc) is 2.53. The Kier molecular flexibility index (Phi) is 4.16. The monoisotopic (exact) mass is 209 g/mol. The summed E-state index contributed by atoms with van der Waals surface area (Å²) in [6.45, 7) is 2.93. The smallest absolute Gasteiger partial charge is 0.222 e. The van der Waals surface area contributed by atoms with E-state index in [9.17, 15) is 9.90 Å². The highest BCUT2D eigenvalue weighted by Crippen LogP contribution is 2.21. The summed E-state index contributed by atoms with van der Waals surface area (Å²) in [6.07, 6.45) is 8.86. The summed E-state index contributed by atoms with van der Waals surface area (Å²) < 4.78 is 0. The number of terminal acetylenes is 1. The second kappa shape index (κ2) is 5.18. The standard InChI is InChI=1S/C12H19NO2/c1-3-4-5-6-7-11(14)13-9-8-12(2,15)10-13/h1,15H,4-10H2,2H3. The minimum atomic E-state index is -0.686. The molecule has 0 saturated carbocycles. The summed E-state index contributed by atoms with van der Waals surface area (Å²) >= 11 is 0. The van der Waals surface area contributed by atoms with E-state index in [0.717, 1.165) is 19.3 Å². The van der Waals surface area contributed by atoms with Crippen molar-refractivity contribution in [2.24, 2.45) is 0 Å². The molecule has 0 spiro atoms. The number of aliphatic hydroxyl groups is 1.